The van der Waals surface area contributed by atoms with Crippen molar-refractivity contribution in [3.63, 3.8) is 0 Å². The number of nitrogens with zero attached hydrogens (tertiary/aromatic N) is 2. The van der Waals surface area contributed by atoms with E-state index in [4.69, 9.17) is 10.2 Å². The number of hydrogen-bond donors (Lipinski definition) is 2. The molecule has 0 radical (unpaired) electrons. The van der Waals surface area contributed by atoms with Crippen molar-refractivity contribution in [2.75, 3.05) is 30.6 Å². The molecule has 0 unspecified atom stereocenters. The molecule has 0 atom stereocenters. The van der Waals surface area contributed by atoms with E-state index in [1.165, 1.54) is 0 Å². The highest BCUT2D eigenvalue weighted by Crippen LogP contribution is 2.48. The third-order valence-electron chi connectivity index (χ3n) is 5.22. The fourth-order valence-electron chi connectivity index (χ4n) is 3.86. The summed E-state index contributed by atoms with van der Waals surface area (Å²) in [5.41, 5.74) is 6.58. The molecule has 29 heavy (non-hydrogen) atoms. The van der Waals surface area contributed by atoms with Crippen LogP contribution in [0.5, 0.6) is 0 Å². The third kappa shape index (κ3) is 3.18. The van der Waals surface area contributed by atoms with Crippen molar-refractivity contribution in [2.24, 2.45) is 0 Å². The minimum absolute atomic E-state index is 0.256. The third-order valence-corrected chi connectivity index (χ3v) is 5.22. The van der Waals surface area contributed by atoms with E-state index in [1.807, 2.05) is 50.5 Å². The zero-order valence-electron chi connectivity index (χ0n) is 16.1. The van der Waals surface area contributed by atoms with Crippen LogP contribution in [0.15, 0.2) is 60.7 Å². The topological polar surface area (TPSA) is 81.1 Å². The number of aromatic carboxylic acids is 2. The van der Waals surface area contributed by atoms with E-state index in [0.29, 0.717) is 0 Å². The van der Waals surface area contributed by atoms with Crippen LogP contribution in [0.25, 0.3) is 22.3 Å². The first-order valence-electron chi connectivity index (χ1n) is 9.13. The highest BCUT2D eigenvalue weighted by molar-refractivity contribution is 6.00. The van der Waals surface area contributed by atoms with E-state index >= 15 is 0 Å². The van der Waals surface area contributed by atoms with Crippen LogP contribution in [0.4, 0.5) is 11.4 Å². The fourth-order valence-corrected chi connectivity index (χ4v) is 3.86. The standard InChI is InChI=1S/C23H20N2O4/c1-24-13-25(2)21-19(15-5-9-17(10-6-15)23(28)29)12-11-18(20(21)24)14-3-7-16(8-4-14)22(26)27/h3-12H,13H2,1-2H3,(H,26,27)(H,28,29). The van der Waals surface area contributed by atoms with Crippen molar-refractivity contribution in [2.45, 2.75) is 0 Å². The fraction of sp³-hybridized carbons (Fsp3) is 0.130. The predicted octanol–water partition coefficient (Wildman–Crippen LogP) is 4.26. The summed E-state index contributed by atoms with van der Waals surface area (Å²) in [5.74, 6) is -1.89. The Bertz CT molecular complexity index is 1020. The molecule has 2 N–H and O–H groups in total. The van der Waals surface area contributed by atoms with E-state index in [0.717, 1.165) is 40.3 Å². The summed E-state index contributed by atoms with van der Waals surface area (Å²) >= 11 is 0. The number of carbonyl (C=O) groups is 2. The van der Waals surface area contributed by atoms with Gasteiger partial charge in [0.1, 0.15) is 0 Å². The molecular weight excluding hydrogens is 368 g/mol. The molecule has 0 saturated heterocycles. The second-order valence-electron chi connectivity index (χ2n) is 7.16. The summed E-state index contributed by atoms with van der Waals surface area (Å²) in [6, 6.07) is 17.8. The second kappa shape index (κ2) is 6.98. The molecule has 146 valence electrons. The van der Waals surface area contributed by atoms with Gasteiger partial charge in [0.05, 0.1) is 29.2 Å². The first-order chi connectivity index (χ1) is 13.9. The van der Waals surface area contributed by atoms with Crippen molar-refractivity contribution < 1.29 is 19.8 Å². The van der Waals surface area contributed by atoms with Gasteiger partial charge in [0.25, 0.3) is 0 Å². The molecule has 0 aromatic heterocycles. The lowest BCUT2D eigenvalue weighted by atomic mass is 9.95. The molecule has 0 fully saturated rings. The van der Waals surface area contributed by atoms with Crippen molar-refractivity contribution in [3.8, 4) is 22.3 Å². The first-order valence-corrected chi connectivity index (χ1v) is 9.13. The highest BCUT2D eigenvalue weighted by atomic mass is 16.4. The minimum Gasteiger partial charge on any atom is -0.478 e. The largest absolute Gasteiger partial charge is 0.478 e. The highest BCUT2D eigenvalue weighted by Gasteiger charge is 2.27. The lowest BCUT2D eigenvalue weighted by molar-refractivity contribution is 0.0686. The summed E-state index contributed by atoms with van der Waals surface area (Å²) in [7, 11) is 4.05. The smallest absolute Gasteiger partial charge is 0.335 e. The van der Waals surface area contributed by atoms with Gasteiger partial charge in [0, 0.05) is 25.2 Å². The molecule has 1 heterocycles. The maximum absolute atomic E-state index is 11.1. The summed E-state index contributed by atoms with van der Waals surface area (Å²) in [5, 5.41) is 18.3. The molecule has 0 bridgehead atoms. The molecule has 3 aromatic carbocycles. The molecule has 3 aromatic rings. The van der Waals surface area contributed by atoms with Crippen molar-refractivity contribution in [1.29, 1.82) is 0 Å². The van der Waals surface area contributed by atoms with Gasteiger partial charge in [-0.05, 0) is 35.4 Å². The molecular formula is C23H20N2O4. The normalized spacial score (nSPS) is 12.8. The Balaban J connectivity index is 1.85. The lowest BCUT2D eigenvalue weighted by Crippen LogP contribution is -2.24. The number of fused-ring (bicyclic) bond motifs is 1. The maximum atomic E-state index is 11.1. The van der Waals surface area contributed by atoms with Gasteiger partial charge in [0.2, 0.25) is 0 Å². The van der Waals surface area contributed by atoms with Gasteiger partial charge < -0.3 is 20.0 Å². The number of benzene rings is 3. The van der Waals surface area contributed by atoms with Crippen LogP contribution in [0.1, 0.15) is 20.7 Å². The first kappa shape index (κ1) is 18.6. The van der Waals surface area contributed by atoms with Crippen molar-refractivity contribution in [3.05, 3.63) is 71.8 Å². The van der Waals surface area contributed by atoms with Gasteiger partial charge >= 0.3 is 11.9 Å². The molecule has 4 rings (SSSR count). The van der Waals surface area contributed by atoms with Crippen LogP contribution in [0, 0.1) is 0 Å². The van der Waals surface area contributed by atoms with Gasteiger partial charge in [-0.25, -0.2) is 9.59 Å². The number of carboxylic acid groups (broad SMARTS) is 2. The van der Waals surface area contributed by atoms with E-state index in [-0.39, 0.29) is 11.1 Å². The number of anilines is 2. The zero-order valence-corrected chi connectivity index (χ0v) is 16.1. The summed E-state index contributed by atoms with van der Waals surface area (Å²) in [6.45, 7) is 0.722. The average Bonchev–Trinajstić information content (AvgIpc) is 3.02. The molecule has 0 spiro atoms. The van der Waals surface area contributed by atoms with Gasteiger partial charge in [-0.2, -0.15) is 0 Å². The Morgan fingerprint density at radius 3 is 1.31 bits per heavy atom. The Kier molecular flexibility index (Phi) is 4.47. The monoisotopic (exact) mass is 388 g/mol. The molecule has 0 aliphatic carbocycles. The minimum atomic E-state index is -0.946. The predicted molar refractivity (Wildman–Crippen MR) is 113 cm³/mol. The van der Waals surface area contributed by atoms with Gasteiger partial charge in [-0.15, -0.1) is 0 Å². The summed E-state index contributed by atoms with van der Waals surface area (Å²) < 4.78 is 0. The Morgan fingerprint density at radius 2 is 1.00 bits per heavy atom. The average molecular weight is 388 g/mol. The number of hydrogen-bond acceptors (Lipinski definition) is 4. The number of carboxylic acids is 2. The Labute approximate surface area is 168 Å². The van der Waals surface area contributed by atoms with Crippen molar-refractivity contribution >= 4 is 23.3 Å². The van der Waals surface area contributed by atoms with E-state index in [2.05, 4.69) is 9.80 Å². The SMILES string of the molecule is CN1CN(C)c2c(-c3ccc(C(=O)O)cc3)ccc(-c3ccc(C(=O)O)cc3)c21. The van der Waals surface area contributed by atoms with Crippen LogP contribution in [-0.2, 0) is 0 Å². The van der Waals surface area contributed by atoms with Gasteiger partial charge in [0.15, 0.2) is 0 Å². The summed E-state index contributed by atoms with van der Waals surface area (Å²) in [6.07, 6.45) is 0. The molecule has 0 amide bonds. The van der Waals surface area contributed by atoms with Crippen LogP contribution in [0.2, 0.25) is 0 Å². The molecule has 6 heteroatoms. The van der Waals surface area contributed by atoms with E-state index in [1.54, 1.807) is 24.3 Å². The molecule has 1 aliphatic heterocycles. The van der Waals surface area contributed by atoms with Gasteiger partial charge in [-0.1, -0.05) is 36.4 Å². The molecule has 0 saturated carbocycles. The van der Waals surface area contributed by atoms with Gasteiger partial charge in [-0.3, -0.25) is 0 Å². The maximum Gasteiger partial charge on any atom is 0.335 e. The van der Waals surface area contributed by atoms with E-state index in [9.17, 15) is 9.59 Å². The summed E-state index contributed by atoms with van der Waals surface area (Å²) in [4.78, 5) is 26.6. The molecule has 6 nitrogen and oxygen atoms in total. The number of rotatable bonds is 4. The lowest BCUT2D eigenvalue weighted by Gasteiger charge is -2.18. The van der Waals surface area contributed by atoms with E-state index < -0.39 is 11.9 Å². The zero-order chi connectivity index (χ0) is 20.7. The Morgan fingerprint density at radius 1 is 0.655 bits per heavy atom. The van der Waals surface area contributed by atoms with Crippen LogP contribution >= 0.6 is 0 Å². The molecule has 1 aliphatic rings. The van der Waals surface area contributed by atoms with Crippen LogP contribution in [0.3, 0.4) is 0 Å². The van der Waals surface area contributed by atoms with Crippen molar-refractivity contribution in [1.82, 2.24) is 0 Å². The van der Waals surface area contributed by atoms with Crippen LogP contribution < -0.4 is 9.80 Å². The quantitative estimate of drug-likeness (QED) is 0.695. The second-order valence-corrected chi connectivity index (χ2v) is 7.16. The van der Waals surface area contributed by atoms with Crippen LogP contribution in [-0.4, -0.2) is 42.9 Å². The Hall–Kier alpha value is -3.80.